The molecule has 0 radical (unpaired) electrons. The third-order valence-corrected chi connectivity index (χ3v) is 6.94. The van der Waals surface area contributed by atoms with Gasteiger partial charge in [-0.3, -0.25) is 0 Å². The summed E-state index contributed by atoms with van der Waals surface area (Å²) in [6.45, 7) is 29.9. The minimum atomic E-state index is -0.202. The molecule has 0 heterocycles. The molecule has 0 saturated heterocycles. The number of rotatable bonds is 3. The second-order valence-corrected chi connectivity index (χ2v) is 14.2. The molecule has 2 aromatic carbocycles. The molecule has 0 bridgehead atoms. The Kier molecular flexibility index (Phi) is 8.07. The van der Waals surface area contributed by atoms with Gasteiger partial charge in [0.05, 0.1) is 0 Å². The van der Waals surface area contributed by atoms with E-state index in [1.807, 2.05) is 0 Å². The van der Waals surface area contributed by atoms with Crippen molar-refractivity contribution in [3.63, 3.8) is 0 Å². The van der Waals surface area contributed by atoms with E-state index < -0.39 is 0 Å². The first-order valence-corrected chi connectivity index (χ1v) is 13.2. The second kappa shape index (κ2) is 9.77. The highest BCUT2D eigenvalue weighted by Gasteiger charge is 2.30. The summed E-state index contributed by atoms with van der Waals surface area (Å²) < 4.78 is 0. The first kappa shape index (κ1) is 29.7. The van der Waals surface area contributed by atoms with Gasteiger partial charge in [-0.05, 0) is 82.0 Å². The van der Waals surface area contributed by atoms with Crippen LogP contribution in [-0.2, 0) is 21.7 Å². The fraction of sp³-hybridized carbons (Fsp3) is 0.529. The van der Waals surface area contributed by atoms with Crippen molar-refractivity contribution in [1.29, 1.82) is 0 Å². The Morgan fingerprint density at radius 2 is 0.667 bits per heavy atom. The lowest BCUT2D eigenvalue weighted by Gasteiger charge is -2.30. The van der Waals surface area contributed by atoms with Crippen LogP contribution in [0.5, 0.6) is 11.5 Å². The van der Waals surface area contributed by atoms with Gasteiger partial charge >= 0.3 is 0 Å². The fourth-order valence-electron chi connectivity index (χ4n) is 4.82. The Hall–Kier alpha value is -2.48. The molecule has 198 valence electrons. The number of phenols is 2. The number of aromatic hydroxyl groups is 2. The van der Waals surface area contributed by atoms with E-state index in [-0.39, 0.29) is 21.7 Å². The standard InChI is InChI=1S/C34H50O2/c1-15-23(21-17-25(31(3,4)5)29(35)26(18-21)32(6,7)8)24(16-2)22-19-27(33(9,10)11)30(36)28(20-22)34(12,13)14/h15-20,35-36H,1-14H3. The van der Waals surface area contributed by atoms with Crippen molar-refractivity contribution >= 4 is 11.1 Å². The van der Waals surface area contributed by atoms with Crippen LogP contribution in [0, 0.1) is 0 Å². The van der Waals surface area contributed by atoms with Crippen LogP contribution in [-0.4, -0.2) is 10.2 Å². The Labute approximate surface area is 221 Å². The summed E-state index contributed by atoms with van der Waals surface area (Å²) in [5.74, 6) is 0.789. The molecule has 0 aromatic heterocycles. The molecule has 2 aromatic rings. The molecule has 2 heteroatoms. The zero-order valence-electron chi connectivity index (χ0n) is 25.4. The summed E-state index contributed by atoms with van der Waals surface area (Å²) in [6.07, 6.45) is 4.34. The van der Waals surface area contributed by atoms with Crippen LogP contribution in [0.15, 0.2) is 36.4 Å². The van der Waals surface area contributed by atoms with Crippen molar-refractivity contribution in [2.75, 3.05) is 0 Å². The molecule has 0 fully saturated rings. The Morgan fingerprint density at radius 3 is 0.806 bits per heavy atom. The SMILES string of the molecule is CC=C(C(=CC)c1cc(C(C)(C)C)c(O)c(C(C)(C)C)c1)c1cc(C(C)(C)C)c(O)c(C(C)(C)C)c1. The summed E-state index contributed by atoms with van der Waals surface area (Å²) in [7, 11) is 0. The van der Waals surface area contributed by atoms with E-state index in [1.165, 1.54) is 0 Å². The molecule has 0 aliphatic rings. The first-order chi connectivity index (χ1) is 16.1. The molecule has 0 unspecified atom stereocenters. The second-order valence-electron chi connectivity index (χ2n) is 14.2. The molecule has 36 heavy (non-hydrogen) atoms. The van der Waals surface area contributed by atoms with Gasteiger partial charge in [-0.15, -0.1) is 0 Å². The van der Waals surface area contributed by atoms with Crippen LogP contribution in [0.4, 0.5) is 0 Å². The molecular weight excluding hydrogens is 440 g/mol. The molecule has 0 amide bonds. The van der Waals surface area contributed by atoms with E-state index in [0.29, 0.717) is 11.5 Å². The minimum Gasteiger partial charge on any atom is -0.507 e. The average molecular weight is 491 g/mol. The first-order valence-electron chi connectivity index (χ1n) is 13.2. The highest BCUT2D eigenvalue weighted by molar-refractivity contribution is 6.05. The number of hydrogen-bond acceptors (Lipinski definition) is 2. The third kappa shape index (κ3) is 6.07. The summed E-state index contributed by atoms with van der Waals surface area (Å²) in [4.78, 5) is 0. The molecule has 0 aliphatic heterocycles. The van der Waals surface area contributed by atoms with Crippen molar-refractivity contribution in [2.45, 2.75) is 119 Å². The maximum Gasteiger partial charge on any atom is 0.123 e. The van der Waals surface area contributed by atoms with Crippen LogP contribution in [0.3, 0.4) is 0 Å². The highest BCUT2D eigenvalue weighted by Crippen LogP contribution is 2.45. The maximum atomic E-state index is 11.3. The van der Waals surface area contributed by atoms with Gasteiger partial charge in [-0.1, -0.05) is 95.2 Å². The minimum absolute atomic E-state index is 0.202. The Balaban J connectivity index is 2.93. The van der Waals surface area contributed by atoms with E-state index >= 15 is 0 Å². The average Bonchev–Trinajstić information content (AvgIpc) is 2.69. The van der Waals surface area contributed by atoms with Gasteiger partial charge in [-0.25, -0.2) is 0 Å². The number of hydrogen-bond donors (Lipinski definition) is 2. The van der Waals surface area contributed by atoms with Crippen LogP contribution < -0.4 is 0 Å². The van der Waals surface area contributed by atoms with E-state index in [0.717, 1.165) is 44.5 Å². The van der Waals surface area contributed by atoms with Crippen LogP contribution in [0.2, 0.25) is 0 Å². The number of benzene rings is 2. The molecule has 0 saturated carbocycles. The molecule has 2 nitrogen and oxygen atoms in total. The predicted octanol–water partition coefficient (Wildman–Crippen LogP) is 9.79. The van der Waals surface area contributed by atoms with Gasteiger partial charge in [0, 0.05) is 22.3 Å². The van der Waals surface area contributed by atoms with E-state index in [4.69, 9.17) is 0 Å². The van der Waals surface area contributed by atoms with Crippen molar-refractivity contribution in [3.8, 4) is 11.5 Å². The maximum absolute atomic E-state index is 11.3. The smallest absolute Gasteiger partial charge is 0.123 e. The van der Waals surface area contributed by atoms with Gasteiger partial charge in [-0.2, -0.15) is 0 Å². The predicted molar refractivity (Wildman–Crippen MR) is 158 cm³/mol. The highest BCUT2D eigenvalue weighted by atomic mass is 16.3. The summed E-state index contributed by atoms with van der Waals surface area (Å²) in [5, 5.41) is 22.5. The number of phenolic OH excluding ortho intramolecular Hbond substituents is 2. The van der Waals surface area contributed by atoms with E-state index in [2.05, 4.69) is 133 Å². The zero-order valence-corrected chi connectivity index (χ0v) is 25.4. The lowest BCUT2D eigenvalue weighted by atomic mass is 9.75. The summed E-state index contributed by atoms with van der Waals surface area (Å²) in [5.41, 5.74) is 7.46. The molecule has 2 N–H and O–H groups in total. The zero-order chi connectivity index (χ0) is 28.0. The van der Waals surface area contributed by atoms with Crippen molar-refractivity contribution in [2.24, 2.45) is 0 Å². The molecular formula is C34H50O2. The van der Waals surface area contributed by atoms with Gasteiger partial charge in [0.25, 0.3) is 0 Å². The summed E-state index contributed by atoms with van der Waals surface area (Å²) >= 11 is 0. The van der Waals surface area contributed by atoms with Crippen molar-refractivity contribution in [1.82, 2.24) is 0 Å². The lowest BCUT2D eigenvalue weighted by Crippen LogP contribution is -2.18. The quantitative estimate of drug-likeness (QED) is 0.420. The molecule has 2 rings (SSSR count). The van der Waals surface area contributed by atoms with Gasteiger partial charge in [0.15, 0.2) is 0 Å². The molecule has 0 aliphatic carbocycles. The van der Waals surface area contributed by atoms with Gasteiger partial charge in [0.1, 0.15) is 11.5 Å². The van der Waals surface area contributed by atoms with Gasteiger partial charge in [0.2, 0.25) is 0 Å². The summed E-state index contributed by atoms with van der Waals surface area (Å²) in [6, 6.07) is 8.61. The monoisotopic (exact) mass is 490 g/mol. The van der Waals surface area contributed by atoms with Crippen molar-refractivity contribution < 1.29 is 10.2 Å². The van der Waals surface area contributed by atoms with Crippen molar-refractivity contribution in [3.05, 3.63) is 69.8 Å². The lowest BCUT2D eigenvalue weighted by molar-refractivity contribution is 0.422. The Bertz CT molecular complexity index is 1010. The van der Waals surface area contributed by atoms with E-state index in [9.17, 15) is 10.2 Å². The third-order valence-electron chi connectivity index (χ3n) is 6.94. The molecule has 0 spiro atoms. The van der Waals surface area contributed by atoms with Crippen LogP contribution in [0.1, 0.15) is 130 Å². The van der Waals surface area contributed by atoms with E-state index in [1.54, 1.807) is 0 Å². The Morgan fingerprint density at radius 1 is 0.472 bits per heavy atom. The van der Waals surface area contributed by atoms with Gasteiger partial charge < -0.3 is 10.2 Å². The molecule has 0 atom stereocenters. The van der Waals surface area contributed by atoms with Crippen LogP contribution >= 0.6 is 0 Å². The number of allylic oxidation sites excluding steroid dienone is 4. The van der Waals surface area contributed by atoms with Crippen LogP contribution in [0.25, 0.3) is 11.1 Å². The topological polar surface area (TPSA) is 40.5 Å². The fourth-order valence-corrected chi connectivity index (χ4v) is 4.82. The normalized spacial score (nSPS) is 14.4. The largest absolute Gasteiger partial charge is 0.507 e.